The molecule has 0 saturated heterocycles. The van der Waals surface area contributed by atoms with Gasteiger partial charge in [-0.3, -0.25) is 0 Å². The van der Waals surface area contributed by atoms with Gasteiger partial charge in [-0.05, 0) is 144 Å². The summed E-state index contributed by atoms with van der Waals surface area (Å²) in [7, 11) is 0. The molecular weight excluding hydrogens is 689 g/mol. The van der Waals surface area contributed by atoms with Crippen molar-refractivity contribution in [1.82, 2.24) is 10.6 Å². The molecule has 4 amide bonds. The summed E-state index contributed by atoms with van der Waals surface area (Å²) < 4.78 is 0. The first-order valence-electron chi connectivity index (χ1n) is 19.1. The van der Waals surface area contributed by atoms with Gasteiger partial charge in [-0.15, -0.1) is 0 Å². The van der Waals surface area contributed by atoms with Crippen LogP contribution in [0.15, 0.2) is 146 Å². The van der Waals surface area contributed by atoms with Gasteiger partial charge >= 0.3 is 12.1 Å². The molecule has 0 aliphatic heterocycles. The second kappa shape index (κ2) is 14.2. The maximum Gasteiger partial charge on any atom is 0.319 e. The molecule has 0 atom stereocenters. The van der Waals surface area contributed by atoms with Crippen molar-refractivity contribution in [2.75, 3.05) is 10.6 Å². The fourth-order valence-electron chi connectivity index (χ4n) is 7.49. The molecule has 0 spiro atoms. The van der Waals surface area contributed by atoms with E-state index < -0.39 is 0 Å². The molecule has 4 N–H and O–H groups in total. The number of hydrogen-bond donors (Lipinski definition) is 4. The van der Waals surface area contributed by atoms with Gasteiger partial charge in [-0.25, -0.2) is 9.59 Å². The fraction of sp³-hybridized carbons (Fsp3) is 0.160. The Hall–Kier alpha value is -6.66. The van der Waals surface area contributed by atoms with Crippen LogP contribution in [0.2, 0.25) is 0 Å². The van der Waals surface area contributed by atoms with E-state index in [4.69, 9.17) is 0 Å². The minimum absolute atomic E-state index is 0.230. The first-order valence-corrected chi connectivity index (χ1v) is 19.1. The minimum Gasteiger partial charge on any atom is -0.333 e. The number of fused-ring (bicyclic) bond motifs is 4. The van der Waals surface area contributed by atoms with Crippen molar-refractivity contribution in [3.63, 3.8) is 0 Å². The highest BCUT2D eigenvalue weighted by molar-refractivity contribution is 6.08. The highest BCUT2D eigenvalue weighted by Crippen LogP contribution is 2.38. The Morgan fingerprint density at radius 1 is 0.375 bits per heavy atom. The van der Waals surface area contributed by atoms with E-state index in [2.05, 4.69) is 143 Å². The number of carbonyl (C=O) groups is 2. The van der Waals surface area contributed by atoms with Crippen LogP contribution < -0.4 is 21.3 Å². The number of hydrogen-bond acceptors (Lipinski definition) is 2. The van der Waals surface area contributed by atoms with Crippen molar-refractivity contribution in [2.45, 2.75) is 52.6 Å². The van der Waals surface area contributed by atoms with Crippen molar-refractivity contribution in [2.24, 2.45) is 0 Å². The zero-order valence-electron chi connectivity index (χ0n) is 32.7. The first-order chi connectivity index (χ1) is 26.8. The standard InChI is InChI=1S/C50H46N4O2/c1-49(2,3)53-47(55)51-45-17-9-13-33-21-25-37(29-43(33)45)39-15-7-11-31-19-23-35(27-41(31)39)36-24-20-32-12-8-16-40(42(32)28-36)38-26-22-34-14-10-18-46(44(34)30-38)52-48(56)54-50(4,5)6/h7-30H,1-6H3,(H2,51,53,55)(H2,52,54,56). The summed E-state index contributed by atoms with van der Waals surface area (Å²) in [5.41, 5.74) is 7.48. The van der Waals surface area contributed by atoms with Crippen LogP contribution >= 0.6 is 0 Å². The number of nitrogens with one attached hydrogen (secondary N) is 4. The summed E-state index contributed by atoms with van der Waals surface area (Å²) in [5.74, 6) is 0. The largest absolute Gasteiger partial charge is 0.333 e. The van der Waals surface area contributed by atoms with Gasteiger partial charge in [0.2, 0.25) is 0 Å². The Bertz CT molecular complexity index is 2630. The zero-order chi connectivity index (χ0) is 39.2. The van der Waals surface area contributed by atoms with Gasteiger partial charge in [0, 0.05) is 21.9 Å². The molecule has 0 aliphatic rings. The monoisotopic (exact) mass is 734 g/mol. The number of amides is 4. The third-order valence-corrected chi connectivity index (χ3v) is 9.96. The smallest absolute Gasteiger partial charge is 0.319 e. The molecule has 0 heterocycles. The summed E-state index contributed by atoms with van der Waals surface area (Å²) >= 11 is 0. The summed E-state index contributed by atoms with van der Waals surface area (Å²) in [4.78, 5) is 25.7. The Balaban J connectivity index is 1.18. The molecule has 0 aliphatic carbocycles. The van der Waals surface area contributed by atoms with E-state index in [-0.39, 0.29) is 23.1 Å². The molecule has 56 heavy (non-hydrogen) atoms. The molecule has 0 aromatic heterocycles. The van der Waals surface area contributed by atoms with Crippen LogP contribution in [0.4, 0.5) is 21.0 Å². The van der Waals surface area contributed by atoms with Crippen molar-refractivity contribution >= 4 is 66.5 Å². The lowest BCUT2D eigenvalue weighted by Gasteiger charge is -2.21. The molecule has 0 bridgehead atoms. The highest BCUT2D eigenvalue weighted by atomic mass is 16.2. The van der Waals surface area contributed by atoms with E-state index in [1.54, 1.807) is 0 Å². The lowest BCUT2D eigenvalue weighted by Crippen LogP contribution is -2.43. The maximum atomic E-state index is 12.9. The van der Waals surface area contributed by atoms with Gasteiger partial charge in [0.25, 0.3) is 0 Å². The minimum atomic E-state index is -0.350. The Labute approximate surface area is 328 Å². The number of rotatable bonds is 5. The molecule has 8 rings (SSSR count). The molecule has 0 radical (unpaired) electrons. The Kier molecular flexibility index (Phi) is 9.21. The van der Waals surface area contributed by atoms with Crippen molar-refractivity contribution in [1.29, 1.82) is 0 Å². The van der Waals surface area contributed by atoms with Crippen LogP contribution in [0.1, 0.15) is 41.5 Å². The van der Waals surface area contributed by atoms with E-state index >= 15 is 0 Å². The van der Waals surface area contributed by atoms with E-state index in [1.165, 1.54) is 0 Å². The number of carbonyl (C=O) groups excluding carboxylic acids is 2. The predicted octanol–water partition coefficient (Wildman–Crippen LogP) is 13.1. The van der Waals surface area contributed by atoms with E-state index in [9.17, 15) is 9.59 Å². The maximum absolute atomic E-state index is 12.9. The van der Waals surface area contributed by atoms with Gasteiger partial charge in [-0.2, -0.15) is 0 Å². The fourth-order valence-corrected chi connectivity index (χ4v) is 7.49. The third-order valence-electron chi connectivity index (χ3n) is 9.96. The number of benzene rings is 8. The van der Waals surface area contributed by atoms with Crippen molar-refractivity contribution in [3.05, 3.63) is 146 Å². The molecular formula is C50H46N4O2. The van der Waals surface area contributed by atoms with Crippen LogP contribution in [-0.2, 0) is 0 Å². The van der Waals surface area contributed by atoms with E-state index in [1.807, 2.05) is 65.8 Å². The van der Waals surface area contributed by atoms with Crippen LogP contribution in [-0.4, -0.2) is 23.1 Å². The van der Waals surface area contributed by atoms with Gasteiger partial charge in [0.1, 0.15) is 0 Å². The van der Waals surface area contributed by atoms with Gasteiger partial charge in [-0.1, -0.05) is 109 Å². The van der Waals surface area contributed by atoms with Crippen LogP contribution in [0.5, 0.6) is 0 Å². The van der Waals surface area contributed by atoms with Crippen molar-refractivity contribution < 1.29 is 9.59 Å². The zero-order valence-corrected chi connectivity index (χ0v) is 32.7. The van der Waals surface area contributed by atoms with Crippen LogP contribution in [0.25, 0.3) is 76.5 Å². The summed E-state index contributed by atoms with van der Waals surface area (Å²) in [5, 5.41) is 20.8. The van der Waals surface area contributed by atoms with Gasteiger partial charge in [0.15, 0.2) is 0 Å². The third kappa shape index (κ3) is 7.64. The summed E-state index contributed by atoms with van der Waals surface area (Å²) in [6.45, 7) is 11.8. The predicted molar refractivity (Wildman–Crippen MR) is 237 cm³/mol. The molecule has 0 unspecified atom stereocenters. The Morgan fingerprint density at radius 3 is 1.07 bits per heavy atom. The lowest BCUT2D eigenvalue weighted by atomic mass is 9.91. The summed E-state index contributed by atoms with van der Waals surface area (Å²) in [6, 6.07) is 50.7. The molecule has 6 nitrogen and oxygen atoms in total. The lowest BCUT2D eigenvalue weighted by molar-refractivity contribution is 0.242. The van der Waals surface area contributed by atoms with Crippen molar-refractivity contribution in [3.8, 4) is 33.4 Å². The second-order valence-corrected chi connectivity index (χ2v) is 16.6. The van der Waals surface area contributed by atoms with Gasteiger partial charge < -0.3 is 21.3 Å². The molecule has 0 fully saturated rings. The molecule has 8 aromatic carbocycles. The Morgan fingerprint density at radius 2 is 0.696 bits per heavy atom. The highest BCUT2D eigenvalue weighted by Gasteiger charge is 2.17. The SMILES string of the molecule is CC(C)(C)NC(=O)Nc1cccc2ccc(-c3cccc4ccc(-c5ccc6cccc(-c7ccc8cccc(NC(=O)NC(C)(C)C)c8c7)c6c5)cc34)cc12. The number of urea groups is 2. The second-order valence-electron chi connectivity index (χ2n) is 16.6. The summed E-state index contributed by atoms with van der Waals surface area (Å²) in [6.07, 6.45) is 0. The quantitative estimate of drug-likeness (QED) is 0.142. The molecule has 278 valence electrons. The first kappa shape index (κ1) is 36.3. The van der Waals surface area contributed by atoms with E-state index in [0.29, 0.717) is 0 Å². The molecule has 0 saturated carbocycles. The normalized spacial score (nSPS) is 11.9. The van der Waals surface area contributed by atoms with Crippen LogP contribution in [0, 0.1) is 0 Å². The van der Waals surface area contributed by atoms with E-state index in [0.717, 1.165) is 87.8 Å². The number of anilines is 2. The van der Waals surface area contributed by atoms with Gasteiger partial charge in [0.05, 0.1) is 11.4 Å². The molecule has 6 heteroatoms. The molecule has 8 aromatic rings. The average Bonchev–Trinajstić information content (AvgIpc) is 3.15. The topological polar surface area (TPSA) is 82.3 Å². The average molecular weight is 735 g/mol. The van der Waals surface area contributed by atoms with Crippen LogP contribution in [0.3, 0.4) is 0 Å².